The lowest BCUT2D eigenvalue weighted by Gasteiger charge is -2.22. The van der Waals surface area contributed by atoms with Crippen LogP contribution in [0.15, 0.2) is 54.6 Å². The highest BCUT2D eigenvalue weighted by Gasteiger charge is 2.20. The first-order valence-corrected chi connectivity index (χ1v) is 10.4. The summed E-state index contributed by atoms with van der Waals surface area (Å²) in [4.78, 5) is 38.1. The molecule has 0 aliphatic carbocycles. The predicted octanol–water partition coefficient (Wildman–Crippen LogP) is 1.55. The Bertz CT molecular complexity index is 907. The number of anilines is 1. The lowest BCUT2D eigenvalue weighted by molar-refractivity contribution is -0.862. The van der Waals surface area contributed by atoms with Crippen molar-refractivity contribution in [3.8, 4) is 0 Å². The molecule has 31 heavy (non-hydrogen) atoms. The third-order valence-electron chi connectivity index (χ3n) is 4.53. The lowest BCUT2D eigenvalue weighted by atomic mass is 10.1. The van der Waals surface area contributed by atoms with Gasteiger partial charge in [0.2, 0.25) is 0 Å². The monoisotopic (exact) mass is 425 g/mol. The number of nitrogens with one attached hydrogen (secondary N) is 4. The smallest absolute Gasteiger partial charge is 0.279 e. The van der Waals surface area contributed by atoms with Gasteiger partial charge in [0.05, 0.1) is 24.3 Å². The minimum atomic E-state index is -0.317. The fourth-order valence-corrected chi connectivity index (χ4v) is 3.16. The number of amides is 3. The van der Waals surface area contributed by atoms with Crippen LogP contribution in [0, 0.1) is 0 Å². The largest absolute Gasteiger partial charge is 0.347 e. The molecule has 0 aliphatic rings. The van der Waals surface area contributed by atoms with Gasteiger partial charge in [0.25, 0.3) is 17.7 Å². The van der Waals surface area contributed by atoms with Gasteiger partial charge < -0.3 is 20.9 Å². The van der Waals surface area contributed by atoms with Crippen molar-refractivity contribution >= 4 is 23.4 Å². The maximum absolute atomic E-state index is 12.8. The van der Waals surface area contributed by atoms with Gasteiger partial charge in [-0.3, -0.25) is 14.4 Å². The van der Waals surface area contributed by atoms with Gasteiger partial charge in [0.1, 0.15) is 0 Å². The van der Waals surface area contributed by atoms with E-state index in [1.54, 1.807) is 31.3 Å². The number of carbonyl (C=O) groups excluding carboxylic acids is 3. The van der Waals surface area contributed by atoms with E-state index in [2.05, 4.69) is 16.0 Å². The van der Waals surface area contributed by atoms with Gasteiger partial charge in [-0.05, 0) is 45.4 Å². The molecule has 3 amide bonds. The Hall–Kier alpha value is -3.19. The van der Waals surface area contributed by atoms with Crippen molar-refractivity contribution in [2.75, 3.05) is 25.5 Å². The molecule has 0 aliphatic heterocycles. The Morgan fingerprint density at radius 1 is 0.903 bits per heavy atom. The quantitative estimate of drug-likeness (QED) is 0.517. The average Bonchev–Trinajstić information content (AvgIpc) is 2.67. The number of rotatable bonds is 8. The van der Waals surface area contributed by atoms with E-state index in [1.807, 2.05) is 58.0 Å². The summed E-state index contributed by atoms with van der Waals surface area (Å²) in [5.41, 5.74) is 1.51. The molecule has 2 aromatic rings. The Kier molecular flexibility index (Phi) is 8.33. The first kappa shape index (κ1) is 24.1. The van der Waals surface area contributed by atoms with E-state index in [4.69, 9.17) is 0 Å². The van der Waals surface area contributed by atoms with E-state index < -0.39 is 0 Å². The van der Waals surface area contributed by atoms with Crippen molar-refractivity contribution in [2.45, 2.75) is 39.3 Å². The summed E-state index contributed by atoms with van der Waals surface area (Å²) in [7, 11) is 1.78. The predicted molar refractivity (Wildman–Crippen MR) is 122 cm³/mol. The van der Waals surface area contributed by atoms with E-state index in [9.17, 15) is 14.4 Å². The van der Waals surface area contributed by atoms with Gasteiger partial charge in [-0.2, -0.15) is 0 Å². The Morgan fingerprint density at radius 3 is 2.13 bits per heavy atom. The number of quaternary nitrogens is 1. The molecule has 0 fully saturated rings. The highest BCUT2D eigenvalue weighted by molar-refractivity contribution is 6.04. The summed E-state index contributed by atoms with van der Waals surface area (Å²) in [6.45, 7) is 7.93. The lowest BCUT2D eigenvalue weighted by Crippen LogP contribution is -3.11. The SMILES string of the molecule is C[C@H](NC(=O)c1ccccc1NC(=O)C[NH+](C)CC(=O)NC(C)(C)C)c1ccccc1. The average molecular weight is 426 g/mol. The van der Waals surface area contributed by atoms with Crippen molar-refractivity contribution in [3.63, 3.8) is 0 Å². The minimum absolute atomic E-state index is 0.105. The van der Waals surface area contributed by atoms with E-state index in [0.717, 1.165) is 10.5 Å². The number of benzene rings is 2. The molecule has 2 aromatic carbocycles. The Balaban J connectivity index is 1.97. The minimum Gasteiger partial charge on any atom is -0.347 e. The highest BCUT2D eigenvalue weighted by atomic mass is 16.2. The summed E-state index contributed by atoms with van der Waals surface area (Å²) in [6.07, 6.45) is 0. The van der Waals surface area contributed by atoms with Gasteiger partial charge in [-0.25, -0.2) is 0 Å². The van der Waals surface area contributed by atoms with Gasteiger partial charge in [0.15, 0.2) is 13.1 Å². The Labute approximate surface area is 184 Å². The number of carbonyl (C=O) groups is 3. The number of hydrogen-bond donors (Lipinski definition) is 4. The normalized spacial score (nSPS) is 13.1. The molecule has 0 saturated carbocycles. The molecular weight excluding hydrogens is 392 g/mol. The second kappa shape index (κ2) is 10.7. The number of hydrogen-bond acceptors (Lipinski definition) is 3. The van der Waals surface area contributed by atoms with E-state index in [-0.39, 0.29) is 42.4 Å². The van der Waals surface area contributed by atoms with Crippen LogP contribution in [0.5, 0.6) is 0 Å². The zero-order chi connectivity index (χ0) is 23.0. The molecule has 166 valence electrons. The van der Waals surface area contributed by atoms with Crippen molar-refractivity contribution in [2.24, 2.45) is 0 Å². The third-order valence-corrected chi connectivity index (χ3v) is 4.53. The highest BCUT2D eigenvalue weighted by Crippen LogP contribution is 2.17. The molecule has 4 N–H and O–H groups in total. The number of para-hydroxylation sites is 1. The third kappa shape index (κ3) is 8.22. The van der Waals surface area contributed by atoms with Crippen LogP contribution in [0.2, 0.25) is 0 Å². The second-order valence-corrected chi connectivity index (χ2v) is 8.81. The van der Waals surface area contributed by atoms with Crippen LogP contribution in [0.4, 0.5) is 5.69 Å². The molecule has 7 nitrogen and oxygen atoms in total. The van der Waals surface area contributed by atoms with Crippen LogP contribution < -0.4 is 20.9 Å². The van der Waals surface area contributed by atoms with Crippen molar-refractivity contribution in [1.82, 2.24) is 10.6 Å². The molecule has 0 bridgehead atoms. The summed E-state index contributed by atoms with van der Waals surface area (Å²) in [5.74, 6) is -0.651. The maximum atomic E-state index is 12.8. The zero-order valence-corrected chi connectivity index (χ0v) is 18.9. The number of likely N-dealkylation sites (N-methyl/N-ethyl adjacent to an activating group) is 1. The van der Waals surface area contributed by atoms with Crippen molar-refractivity contribution in [1.29, 1.82) is 0 Å². The van der Waals surface area contributed by atoms with Crippen LogP contribution in [-0.4, -0.2) is 43.4 Å². The van der Waals surface area contributed by atoms with Gasteiger partial charge in [-0.1, -0.05) is 42.5 Å². The Morgan fingerprint density at radius 2 is 1.48 bits per heavy atom. The van der Waals surface area contributed by atoms with Crippen molar-refractivity contribution in [3.05, 3.63) is 65.7 Å². The summed E-state index contributed by atoms with van der Waals surface area (Å²) in [6, 6.07) is 16.4. The molecule has 0 saturated heterocycles. The van der Waals surface area contributed by atoms with E-state index in [1.165, 1.54) is 0 Å². The topological polar surface area (TPSA) is 91.7 Å². The summed E-state index contributed by atoms with van der Waals surface area (Å²) < 4.78 is 0. The van der Waals surface area contributed by atoms with Crippen LogP contribution in [0.25, 0.3) is 0 Å². The standard InChI is InChI=1S/C24H32N4O3/c1-17(18-11-7-6-8-12-18)25-23(31)19-13-9-10-14-20(19)26-21(29)15-28(5)16-22(30)27-24(2,3)4/h6-14,17H,15-16H2,1-5H3,(H,25,31)(H,26,29)(H,27,30)/p+1/t17-/m0/s1. The van der Waals surface area contributed by atoms with E-state index in [0.29, 0.717) is 11.3 Å². The van der Waals surface area contributed by atoms with Crippen molar-refractivity contribution < 1.29 is 19.3 Å². The fourth-order valence-electron chi connectivity index (χ4n) is 3.16. The molecule has 0 spiro atoms. The first-order chi connectivity index (χ1) is 14.5. The molecule has 1 unspecified atom stereocenters. The summed E-state index contributed by atoms with van der Waals surface area (Å²) >= 11 is 0. The van der Waals surface area contributed by atoms with Crippen LogP contribution in [0.3, 0.4) is 0 Å². The van der Waals surface area contributed by atoms with Crippen LogP contribution in [-0.2, 0) is 9.59 Å². The van der Waals surface area contributed by atoms with Gasteiger partial charge in [0, 0.05) is 5.54 Å². The summed E-state index contributed by atoms with van der Waals surface area (Å²) in [5, 5.41) is 8.66. The molecule has 0 radical (unpaired) electrons. The first-order valence-electron chi connectivity index (χ1n) is 10.4. The molecule has 7 heteroatoms. The molecule has 0 aromatic heterocycles. The molecule has 0 heterocycles. The van der Waals surface area contributed by atoms with Gasteiger partial charge in [-0.15, -0.1) is 0 Å². The van der Waals surface area contributed by atoms with E-state index >= 15 is 0 Å². The van der Waals surface area contributed by atoms with Gasteiger partial charge >= 0.3 is 0 Å². The van der Waals surface area contributed by atoms with Crippen LogP contribution in [0.1, 0.15) is 49.7 Å². The molecule has 2 rings (SSSR count). The maximum Gasteiger partial charge on any atom is 0.279 e. The van der Waals surface area contributed by atoms with Crippen LogP contribution >= 0.6 is 0 Å². The molecular formula is C24H33N4O3+. The molecule has 2 atom stereocenters. The zero-order valence-electron chi connectivity index (χ0n) is 18.9. The fraction of sp³-hybridized carbons (Fsp3) is 0.375. The second-order valence-electron chi connectivity index (χ2n) is 8.81.